The van der Waals surface area contributed by atoms with Crippen molar-refractivity contribution in [2.24, 2.45) is 5.10 Å². The topological polar surface area (TPSA) is 58.5 Å². The van der Waals surface area contributed by atoms with Gasteiger partial charge in [0.1, 0.15) is 0 Å². The molecular formula is C13H10BrClN2O2S. The largest absolute Gasteiger partial charge is 0.276 e. The summed E-state index contributed by atoms with van der Waals surface area (Å²) >= 11 is 9.03. The van der Waals surface area contributed by atoms with E-state index in [1.807, 2.05) is 24.3 Å². The number of hydrazone groups is 1. The van der Waals surface area contributed by atoms with Gasteiger partial charge in [0.15, 0.2) is 0 Å². The summed E-state index contributed by atoms with van der Waals surface area (Å²) in [5.41, 5.74) is 0.784. The van der Waals surface area contributed by atoms with Gasteiger partial charge in [-0.15, -0.1) is 0 Å². The molecule has 0 aromatic heterocycles. The molecule has 104 valence electrons. The summed E-state index contributed by atoms with van der Waals surface area (Å²) in [6, 6.07) is 13.2. The molecule has 0 heterocycles. The van der Waals surface area contributed by atoms with Crippen LogP contribution in [0, 0.1) is 0 Å². The maximum Gasteiger partial charge on any atom is 0.276 e. The van der Waals surface area contributed by atoms with Gasteiger partial charge in [-0.05, 0) is 42.0 Å². The number of nitrogens with one attached hydrogen (secondary N) is 1. The minimum Gasteiger partial charge on any atom is -0.200 e. The van der Waals surface area contributed by atoms with Crippen LogP contribution in [0.5, 0.6) is 0 Å². The lowest BCUT2D eigenvalue weighted by atomic mass is 10.2. The van der Waals surface area contributed by atoms with Crippen LogP contribution in [-0.2, 0) is 10.0 Å². The fraction of sp³-hybridized carbons (Fsp3) is 0. The Morgan fingerprint density at radius 3 is 2.25 bits per heavy atom. The summed E-state index contributed by atoms with van der Waals surface area (Å²) in [4.78, 5) is 2.25. The Balaban J connectivity index is 2.09. The Morgan fingerprint density at radius 1 is 1.05 bits per heavy atom. The second kappa shape index (κ2) is 6.39. The Hall–Kier alpha value is -1.37. The number of hydrogen-bond acceptors (Lipinski definition) is 3. The van der Waals surface area contributed by atoms with Gasteiger partial charge >= 0.3 is 0 Å². The predicted octanol–water partition coefficient (Wildman–Crippen LogP) is 3.41. The molecule has 0 aliphatic rings. The van der Waals surface area contributed by atoms with Crippen LogP contribution in [0.25, 0.3) is 0 Å². The third kappa shape index (κ3) is 4.06. The molecular weight excluding hydrogens is 364 g/mol. The van der Waals surface area contributed by atoms with Crippen LogP contribution in [0.3, 0.4) is 0 Å². The van der Waals surface area contributed by atoms with Gasteiger partial charge < -0.3 is 0 Å². The molecule has 2 aromatic rings. The molecule has 1 N–H and O–H groups in total. The van der Waals surface area contributed by atoms with E-state index in [0.29, 0.717) is 5.02 Å². The zero-order chi connectivity index (χ0) is 14.6. The standard InChI is InChI=1S/C13H10BrClN2O2S/c14-11-3-1-10(2-4-11)9-16-17-20(18,19)13-7-5-12(15)6-8-13/h1-9,17H. The van der Waals surface area contributed by atoms with Crippen molar-refractivity contribution >= 4 is 43.8 Å². The van der Waals surface area contributed by atoms with Gasteiger partial charge in [0.2, 0.25) is 0 Å². The monoisotopic (exact) mass is 372 g/mol. The van der Waals surface area contributed by atoms with Gasteiger partial charge in [0.05, 0.1) is 11.1 Å². The summed E-state index contributed by atoms with van der Waals surface area (Å²) < 4.78 is 24.8. The highest BCUT2D eigenvalue weighted by Gasteiger charge is 2.11. The van der Waals surface area contributed by atoms with E-state index < -0.39 is 10.0 Å². The SMILES string of the molecule is O=S(=O)(NN=Cc1ccc(Br)cc1)c1ccc(Cl)cc1. The molecule has 0 amide bonds. The summed E-state index contributed by atoms with van der Waals surface area (Å²) in [5.74, 6) is 0. The molecule has 0 saturated carbocycles. The van der Waals surface area contributed by atoms with Gasteiger partial charge in [-0.25, -0.2) is 4.83 Å². The normalized spacial score (nSPS) is 11.7. The molecule has 0 unspecified atom stereocenters. The molecule has 0 radical (unpaired) electrons. The van der Waals surface area contributed by atoms with Gasteiger partial charge in [-0.1, -0.05) is 39.7 Å². The van der Waals surface area contributed by atoms with Crippen molar-refractivity contribution in [3.05, 3.63) is 63.6 Å². The minimum atomic E-state index is -3.67. The molecule has 0 aliphatic heterocycles. The van der Waals surface area contributed by atoms with E-state index in [1.54, 1.807) is 0 Å². The highest BCUT2D eigenvalue weighted by molar-refractivity contribution is 9.10. The Morgan fingerprint density at radius 2 is 1.65 bits per heavy atom. The van der Waals surface area contributed by atoms with Crippen LogP contribution < -0.4 is 4.83 Å². The van der Waals surface area contributed by atoms with Crippen molar-refractivity contribution in [3.8, 4) is 0 Å². The van der Waals surface area contributed by atoms with Crippen LogP contribution in [-0.4, -0.2) is 14.6 Å². The van der Waals surface area contributed by atoms with E-state index in [4.69, 9.17) is 11.6 Å². The first kappa shape index (κ1) is 15.0. The van der Waals surface area contributed by atoms with Crippen LogP contribution in [0.15, 0.2) is 63.0 Å². The average molecular weight is 374 g/mol. The van der Waals surface area contributed by atoms with Crippen molar-refractivity contribution < 1.29 is 8.42 Å². The molecule has 0 spiro atoms. The van der Waals surface area contributed by atoms with Crippen molar-refractivity contribution in [1.82, 2.24) is 4.83 Å². The van der Waals surface area contributed by atoms with Gasteiger partial charge in [-0.3, -0.25) is 0 Å². The number of sulfonamides is 1. The number of benzene rings is 2. The molecule has 0 atom stereocenters. The van der Waals surface area contributed by atoms with E-state index in [2.05, 4.69) is 25.9 Å². The predicted molar refractivity (Wildman–Crippen MR) is 83.5 cm³/mol. The number of halogens is 2. The van der Waals surface area contributed by atoms with Gasteiger partial charge in [0, 0.05) is 9.50 Å². The van der Waals surface area contributed by atoms with Gasteiger partial charge in [0.25, 0.3) is 10.0 Å². The first-order valence-electron chi connectivity index (χ1n) is 5.53. The van der Waals surface area contributed by atoms with Crippen molar-refractivity contribution in [2.75, 3.05) is 0 Å². The summed E-state index contributed by atoms with van der Waals surface area (Å²) in [6.07, 6.45) is 1.43. The fourth-order valence-corrected chi connectivity index (χ4v) is 2.57. The second-order valence-electron chi connectivity index (χ2n) is 3.86. The van der Waals surface area contributed by atoms with Crippen LogP contribution in [0.2, 0.25) is 5.02 Å². The lowest BCUT2D eigenvalue weighted by molar-refractivity contribution is 0.584. The molecule has 0 fully saturated rings. The fourth-order valence-electron chi connectivity index (χ4n) is 1.39. The van der Waals surface area contributed by atoms with Crippen molar-refractivity contribution in [3.63, 3.8) is 0 Å². The molecule has 0 aliphatic carbocycles. The lowest BCUT2D eigenvalue weighted by Crippen LogP contribution is -2.18. The second-order valence-corrected chi connectivity index (χ2v) is 6.87. The molecule has 20 heavy (non-hydrogen) atoms. The average Bonchev–Trinajstić information content (AvgIpc) is 2.41. The van der Waals surface area contributed by atoms with Crippen molar-refractivity contribution in [2.45, 2.75) is 4.90 Å². The first-order chi connectivity index (χ1) is 9.47. The lowest BCUT2D eigenvalue weighted by Gasteiger charge is -2.03. The zero-order valence-corrected chi connectivity index (χ0v) is 13.3. The number of rotatable bonds is 4. The summed E-state index contributed by atoms with van der Waals surface area (Å²) in [6.45, 7) is 0. The van der Waals surface area contributed by atoms with E-state index in [-0.39, 0.29) is 4.90 Å². The van der Waals surface area contributed by atoms with Crippen LogP contribution in [0.1, 0.15) is 5.56 Å². The maximum absolute atomic E-state index is 11.9. The Labute approximate surface area is 130 Å². The van der Waals surface area contributed by atoms with E-state index >= 15 is 0 Å². The first-order valence-corrected chi connectivity index (χ1v) is 8.19. The highest BCUT2D eigenvalue weighted by Crippen LogP contribution is 2.13. The van der Waals surface area contributed by atoms with Crippen LogP contribution in [0.4, 0.5) is 0 Å². The van der Waals surface area contributed by atoms with Gasteiger partial charge in [-0.2, -0.15) is 13.5 Å². The van der Waals surface area contributed by atoms with E-state index in [1.165, 1.54) is 30.5 Å². The maximum atomic E-state index is 11.9. The Bertz CT molecular complexity index is 713. The molecule has 0 saturated heterocycles. The zero-order valence-electron chi connectivity index (χ0n) is 10.1. The summed E-state index contributed by atoms with van der Waals surface area (Å²) in [5, 5.41) is 4.20. The smallest absolute Gasteiger partial charge is 0.200 e. The quantitative estimate of drug-likeness (QED) is 0.659. The number of hydrogen-bond donors (Lipinski definition) is 1. The van der Waals surface area contributed by atoms with E-state index in [0.717, 1.165) is 10.0 Å². The third-order valence-corrected chi connectivity index (χ3v) is 4.40. The van der Waals surface area contributed by atoms with E-state index in [9.17, 15) is 8.42 Å². The minimum absolute atomic E-state index is 0.106. The molecule has 2 rings (SSSR count). The molecule has 2 aromatic carbocycles. The molecule has 0 bridgehead atoms. The molecule has 7 heteroatoms. The highest BCUT2D eigenvalue weighted by atomic mass is 79.9. The van der Waals surface area contributed by atoms with Crippen LogP contribution >= 0.6 is 27.5 Å². The molecule has 4 nitrogen and oxygen atoms in total. The Kier molecular flexibility index (Phi) is 4.80. The van der Waals surface area contributed by atoms with Crippen molar-refractivity contribution in [1.29, 1.82) is 0 Å². The number of nitrogens with zero attached hydrogens (tertiary/aromatic N) is 1. The third-order valence-electron chi connectivity index (χ3n) is 2.38. The summed E-state index contributed by atoms with van der Waals surface area (Å²) in [7, 11) is -3.67.